The zero-order valence-corrected chi connectivity index (χ0v) is 9.74. The molecule has 1 aromatic carbocycles. The lowest BCUT2D eigenvalue weighted by Crippen LogP contribution is -2.30. The lowest BCUT2D eigenvalue weighted by atomic mass is 10.3. The molecule has 2 nitrogen and oxygen atoms in total. The summed E-state index contributed by atoms with van der Waals surface area (Å²) in [6, 6.07) is 5.96. The fourth-order valence-electron chi connectivity index (χ4n) is 1.62. The zero-order valence-electron chi connectivity index (χ0n) is 7.34. The van der Waals surface area contributed by atoms with E-state index in [1.54, 1.807) is 11.8 Å². The van der Waals surface area contributed by atoms with Crippen LogP contribution in [0.1, 0.15) is 12.8 Å². The van der Waals surface area contributed by atoms with Crippen LogP contribution in [-0.2, 0) is 4.79 Å². The first-order valence-electron chi connectivity index (χ1n) is 4.50. The summed E-state index contributed by atoms with van der Waals surface area (Å²) >= 11 is 5.14. The van der Waals surface area contributed by atoms with Crippen LogP contribution in [0.25, 0.3) is 0 Å². The fraction of sp³-hybridized carbons (Fsp3) is 0.300. The van der Waals surface area contributed by atoms with Crippen molar-refractivity contribution in [3.05, 3.63) is 22.7 Å². The van der Waals surface area contributed by atoms with Gasteiger partial charge in [0.2, 0.25) is 5.91 Å². The van der Waals surface area contributed by atoms with Crippen molar-refractivity contribution in [3.63, 3.8) is 0 Å². The first-order valence-corrected chi connectivity index (χ1v) is 6.11. The van der Waals surface area contributed by atoms with Crippen LogP contribution in [0.5, 0.6) is 0 Å². The first-order chi connectivity index (χ1) is 6.70. The SMILES string of the molecule is O=C1Nc2ccc(Br)cc2SC12CC2. The quantitative estimate of drug-likeness (QED) is 0.785. The standard InChI is InChI=1S/C10H8BrNOS/c11-6-1-2-7-8(5-6)14-10(3-4-10)9(13)12-7/h1-2,5H,3-4H2,(H,12,13). The summed E-state index contributed by atoms with van der Waals surface area (Å²) in [4.78, 5) is 12.9. The van der Waals surface area contributed by atoms with E-state index in [1.807, 2.05) is 12.1 Å². The number of nitrogens with one attached hydrogen (secondary N) is 1. The van der Waals surface area contributed by atoms with Crippen molar-refractivity contribution in [2.24, 2.45) is 0 Å². The molecule has 1 aliphatic heterocycles. The molecule has 1 heterocycles. The Kier molecular flexibility index (Phi) is 1.74. The van der Waals surface area contributed by atoms with E-state index in [-0.39, 0.29) is 10.7 Å². The second-order valence-corrected chi connectivity index (χ2v) is 6.03. The van der Waals surface area contributed by atoms with E-state index in [2.05, 4.69) is 27.3 Å². The Morgan fingerprint density at radius 3 is 2.93 bits per heavy atom. The van der Waals surface area contributed by atoms with Crippen LogP contribution in [0, 0.1) is 0 Å². The number of halogens is 1. The smallest absolute Gasteiger partial charge is 0.241 e. The summed E-state index contributed by atoms with van der Waals surface area (Å²) in [5.74, 6) is 0.178. The molecule has 1 spiro atoms. The van der Waals surface area contributed by atoms with Crippen molar-refractivity contribution >= 4 is 39.3 Å². The minimum absolute atomic E-state index is 0.131. The van der Waals surface area contributed by atoms with Gasteiger partial charge in [-0.15, -0.1) is 11.8 Å². The molecule has 0 radical (unpaired) electrons. The van der Waals surface area contributed by atoms with Gasteiger partial charge >= 0.3 is 0 Å². The molecular weight excluding hydrogens is 262 g/mol. The minimum Gasteiger partial charge on any atom is -0.324 e. The van der Waals surface area contributed by atoms with Gasteiger partial charge in [-0.2, -0.15) is 0 Å². The average Bonchev–Trinajstić information content (AvgIpc) is 2.89. The van der Waals surface area contributed by atoms with Gasteiger partial charge in [-0.3, -0.25) is 4.79 Å². The number of benzene rings is 1. The lowest BCUT2D eigenvalue weighted by Gasteiger charge is -2.23. The van der Waals surface area contributed by atoms with Gasteiger partial charge in [0.05, 0.1) is 10.4 Å². The summed E-state index contributed by atoms with van der Waals surface area (Å²) in [5, 5.41) is 2.96. The average molecular weight is 270 g/mol. The predicted molar refractivity (Wildman–Crippen MR) is 60.6 cm³/mol. The van der Waals surface area contributed by atoms with Gasteiger partial charge < -0.3 is 5.32 Å². The van der Waals surface area contributed by atoms with Crippen molar-refractivity contribution < 1.29 is 4.79 Å². The lowest BCUT2D eigenvalue weighted by molar-refractivity contribution is -0.116. The van der Waals surface area contributed by atoms with Crippen molar-refractivity contribution in [2.75, 3.05) is 5.32 Å². The van der Waals surface area contributed by atoms with Crippen molar-refractivity contribution in [2.45, 2.75) is 22.5 Å². The van der Waals surface area contributed by atoms with Crippen LogP contribution in [0.4, 0.5) is 5.69 Å². The van der Waals surface area contributed by atoms with Crippen LogP contribution >= 0.6 is 27.7 Å². The predicted octanol–water partition coefficient (Wildman–Crippen LogP) is 3.03. The van der Waals surface area contributed by atoms with E-state index in [0.717, 1.165) is 23.0 Å². The number of hydrogen-bond acceptors (Lipinski definition) is 2. The van der Waals surface area contributed by atoms with Gasteiger partial charge in [-0.05, 0) is 31.0 Å². The van der Waals surface area contributed by atoms with Gasteiger partial charge in [0, 0.05) is 9.37 Å². The molecule has 2 aliphatic rings. The number of thioether (sulfide) groups is 1. The van der Waals surface area contributed by atoms with E-state index in [4.69, 9.17) is 0 Å². The molecule has 72 valence electrons. The first kappa shape index (κ1) is 8.80. The van der Waals surface area contributed by atoms with E-state index < -0.39 is 0 Å². The Labute approximate surface area is 94.6 Å². The second-order valence-electron chi connectivity index (χ2n) is 3.69. The normalized spacial score (nSPS) is 21.6. The third-order valence-electron chi connectivity index (χ3n) is 2.62. The number of amides is 1. The highest BCUT2D eigenvalue weighted by Gasteiger charge is 2.53. The molecule has 1 fully saturated rings. The minimum atomic E-state index is -0.131. The van der Waals surface area contributed by atoms with Crippen LogP contribution in [0.3, 0.4) is 0 Å². The van der Waals surface area contributed by atoms with Gasteiger partial charge in [-0.25, -0.2) is 0 Å². The maximum absolute atomic E-state index is 11.7. The Morgan fingerprint density at radius 2 is 2.21 bits per heavy atom. The number of fused-ring (bicyclic) bond motifs is 1. The van der Waals surface area contributed by atoms with Crippen LogP contribution in [0.15, 0.2) is 27.6 Å². The van der Waals surface area contributed by atoms with Crippen molar-refractivity contribution in [1.82, 2.24) is 0 Å². The van der Waals surface area contributed by atoms with Gasteiger partial charge in [0.25, 0.3) is 0 Å². The largest absolute Gasteiger partial charge is 0.324 e. The summed E-state index contributed by atoms with van der Waals surface area (Å²) in [6.45, 7) is 0. The maximum atomic E-state index is 11.7. The number of anilines is 1. The second kappa shape index (κ2) is 2.76. The molecule has 3 rings (SSSR count). The molecule has 4 heteroatoms. The van der Waals surface area contributed by atoms with E-state index in [9.17, 15) is 4.79 Å². The molecule has 1 aromatic rings. The Bertz CT molecular complexity index is 428. The fourth-order valence-corrected chi connectivity index (χ4v) is 3.42. The third kappa shape index (κ3) is 1.21. The van der Waals surface area contributed by atoms with Crippen LogP contribution in [0.2, 0.25) is 0 Å². The molecular formula is C10H8BrNOS. The Morgan fingerprint density at radius 1 is 1.43 bits per heavy atom. The van der Waals surface area contributed by atoms with Crippen LogP contribution in [-0.4, -0.2) is 10.7 Å². The number of carbonyl (C=O) groups is 1. The van der Waals surface area contributed by atoms with E-state index in [0.29, 0.717) is 0 Å². The number of rotatable bonds is 0. The monoisotopic (exact) mass is 269 g/mol. The van der Waals surface area contributed by atoms with E-state index in [1.165, 1.54) is 4.90 Å². The summed E-state index contributed by atoms with van der Waals surface area (Å²) in [6.07, 6.45) is 2.02. The molecule has 0 saturated heterocycles. The molecule has 1 saturated carbocycles. The highest BCUT2D eigenvalue weighted by Crippen LogP contribution is 2.56. The summed E-state index contributed by atoms with van der Waals surface area (Å²) in [7, 11) is 0. The molecule has 0 bridgehead atoms. The van der Waals surface area contributed by atoms with Gasteiger partial charge in [0.1, 0.15) is 0 Å². The zero-order chi connectivity index (χ0) is 9.76. The third-order valence-corrected chi connectivity index (χ3v) is 4.65. The van der Waals surface area contributed by atoms with Gasteiger partial charge in [-0.1, -0.05) is 15.9 Å². The van der Waals surface area contributed by atoms with Crippen LogP contribution < -0.4 is 5.32 Å². The van der Waals surface area contributed by atoms with Crippen molar-refractivity contribution in [3.8, 4) is 0 Å². The molecule has 14 heavy (non-hydrogen) atoms. The number of carbonyl (C=O) groups excluding carboxylic acids is 1. The van der Waals surface area contributed by atoms with Crippen molar-refractivity contribution in [1.29, 1.82) is 0 Å². The Balaban J connectivity index is 2.07. The van der Waals surface area contributed by atoms with Gasteiger partial charge in [0.15, 0.2) is 0 Å². The molecule has 0 atom stereocenters. The molecule has 1 amide bonds. The highest BCUT2D eigenvalue weighted by atomic mass is 79.9. The highest BCUT2D eigenvalue weighted by molar-refractivity contribution is 9.10. The summed E-state index contributed by atoms with van der Waals surface area (Å²) in [5.41, 5.74) is 0.945. The maximum Gasteiger partial charge on any atom is 0.241 e. The summed E-state index contributed by atoms with van der Waals surface area (Å²) < 4.78 is 0.934. The topological polar surface area (TPSA) is 29.1 Å². The molecule has 1 aliphatic carbocycles. The molecule has 0 unspecified atom stereocenters. The molecule has 1 N–H and O–H groups in total. The number of hydrogen-bond donors (Lipinski definition) is 1. The van der Waals surface area contributed by atoms with E-state index >= 15 is 0 Å². The Hall–Kier alpha value is -0.480. The molecule has 0 aromatic heterocycles.